The maximum absolute atomic E-state index is 13.2. The van der Waals surface area contributed by atoms with Gasteiger partial charge in [-0.1, -0.05) is 56.5 Å². The van der Waals surface area contributed by atoms with Crippen LogP contribution in [-0.4, -0.2) is 24.7 Å². The lowest BCUT2D eigenvalue weighted by Crippen LogP contribution is -2.21. The molecule has 0 saturated carbocycles. The van der Waals surface area contributed by atoms with Gasteiger partial charge in [0.1, 0.15) is 0 Å². The first kappa shape index (κ1) is 21.8. The summed E-state index contributed by atoms with van der Waals surface area (Å²) in [4.78, 5) is 15.5. The summed E-state index contributed by atoms with van der Waals surface area (Å²) in [5.41, 5.74) is 4.66. The van der Waals surface area contributed by atoms with Crippen LogP contribution >= 0.6 is 0 Å². The van der Waals surface area contributed by atoms with E-state index in [2.05, 4.69) is 49.9 Å². The minimum atomic E-state index is -0.0421. The molecule has 0 aromatic heterocycles. The highest BCUT2D eigenvalue weighted by atomic mass is 16.2. The molecule has 1 heterocycles. The van der Waals surface area contributed by atoms with Crippen LogP contribution in [0.4, 0.5) is 11.4 Å². The predicted octanol–water partition coefficient (Wildman–Crippen LogP) is 6.29. The SMILES string of the molecule is CCCCCCC1=NN(c2ccccc2)C(=O)/C1=C\c1ccc(N(CC)CC)cc1. The van der Waals surface area contributed by atoms with E-state index >= 15 is 0 Å². The van der Waals surface area contributed by atoms with Crippen LogP contribution in [0.15, 0.2) is 65.3 Å². The number of carbonyl (C=O) groups excluding carboxylic acids is 1. The quantitative estimate of drug-likeness (QED) is 0.345. The van der Waals surface area contributed by atoms with Gasteiger partial charge in [0.25, 0.3) is 5.91 Å². The molecule has 1 amide bonds. The standard InChI is InChI=1S/C26H33N3O/c1-4-7-8-12-15-25-24(26(30)29(27-25)23-13-10-9-11-14-23)20-21-16-18-22(19-17-21)28(5-2)6-3/h9-11,13-14,16-20H,4-8,12,15H2,1-3H3/b24-20-. The molecule has 0 saturated heterocycles. The normalized spacial score (nSPS) is 15.0. The number of hydrogen-bond acceptors (Lipinski definition) is 3. The average Bonchev–Trinajstić information content (AvgIpc) is 3.09. The molecule has 30 heavy (non-hydrogen) atoms. The zero-order valence-corrected chi connectivity index (χ0v) is 18.5. The second-order valence-electron chi connectivity index (χ2n) is 7.63. The van der Waals surface area contributed by atoms with Crippen molar-refractivity contribution < 1.29 is 4.79 Å². The molecule has 158 valence electrons. The van der Waals surface area contributed by atoms with E-state index in [4.69, 9.17) is 5.10 Å². The van der Waals surface area contributed by atoms with Crippen molar-refractivity contribution in [3.05, 3.63) is 65.7 Å². The molecular weight excluding hydrogens is 370 g/mol. The smallest absolute Gasteiger partial charge is 0.280 e. The zero-order valence-electron chi connectivity index (χ0n) is 18.5. The molecule has 1 aliphatic rings. The van der Waals surface area contributed by atoms with Crippen molar-refractivity contribution >= 4 is 29.1 Å². The van der Waals surface area contributed by atoms with E-state index in [0.717, 1.165) is 42.9 Å². The summed E-state index contributed by atoms with van der Waals surface area (Å²) in [7, 11) is 0. The molecule has 3 rings (SSSR count). The van der Waals surface area contributed by atoms with Gasteiger partial charge in [-0.05, 0) is 62.6 Å². The molecule has 2 aromatic rings. The van der Waals surface area contributed by atoms with Gasteiger partial charge in [0, 0.05) is 18.8 Å². The molecule has 4 nitrogen and oxygen atoms in total. The summed E-state index contributed by atoms with van der Waals surface area (Å²) >= 11 is 0. The summed E-state index contributed by atoms with van der Waals surface area (Å²) in [5.74, 6) is -0.0421. The second-order valence-corrected chi connectivity index (χ2v) is 7.63. The van der Waals surface area contributed by atoms with Crippen LogP contribution in [-0.2, 0) is 4.79 Å². The van der Waals surface area contributed by atoms with Crippen molar-refractivity contribution in [2.45, 2.75) is 52.9 Å². The highest BCUT2D eigenvalue weighted by molar-refractivity contribution is 6.32. The van der Waals surface area contributed by atoms with Gasteiger partial charge in [-0.25, -0.2) is 0 Å². The van der Waals surface area contributed by atoms with Gasteiger partial charge in [0.2, 0.25) is 0 Å². The van der Waals surface area contributed by atoms with Crippen LogP contribution in [0.1, 0.15) is 58.4 Å². The summed E-state index contributed by atoms with van der Waals surface area (Å²) in [6.07, 6.45) is 7.47. The van der Waals surface area contributed by atoms with Gasteiger partial charge < -0.3 is 4.90 Å². The molecule has 0 aliphatic carbocycles. The molecule has 0 fully saturated rings. The third-order valence-corrected chi connectivity index (χ3v) is 5.55. The lowest BCUT2D eigenvalue weighted by molar-refractivity contribution is -0.114. The van der Waals surface area contributed by atoms with E-state index in [1.165, 1.54) is 24.9 Å². The van der Waals surface area contributed by atoms with Crippen molar-refractivity contribution in [3.8, 4) is 0 Å². The number of nitrogens with zero attached hydrogens (tertiary/aromatic N) is 3. The Morgan fingerprint density at radius 2 is 1.60 bits per heavy atom. The van der Waals surface area contributed by atoms with E-state index in [9.17, 15) is 4.79 Å². The topological polar surface area (TPSA) is 35.9 Å². The Morgan fingerprint density at radius 1 is 0.900 bits per heavy atom. The van der Waals surface area contributed by atoms with E-state index in [0.29, 0.717) is 5.57 Å². The van der Waals surface area contributed by atoms with Crippen molar-refractivity contribution in [2.24, 2.45) is 5.10 Å². The van der Waals surface area contributed by atoms with Crippen molar-refractivity contribution in [1.82, 2.24) is 0 Å². The fourth-order valence-corrected chi connectivity index (χ4v) is 3.79. The monoisotopic (exact) mass is 403 g/mol. The number of hydrazone groups is 1. The minimum absolute atomic E-state index is 0.0421. The van der Waals surface area contributed by atoms with Gasteiger partial charge in [0.15, 0.2) is 0 Å². The summed E-state index contributed by atoms with van der Waals surface area (Å²) in [5, 5.41) is 6.26. The Labute approximate surface area is 180 Å². The molecule has 2 aromatic carbocycles. The van der Waals surface area contributed by atoms with Gasteiger partial charge in [-0.3, -0.25) is 4.79 Å². The van der Waals surface area contributed by atoms with Crippen molar-refractivity contribution in [2.75, 3.05) is 23.0 Å². The number of unbranched alkanes of at least 4 members (excludes halogenated alkanes) is 3. The van der Waals surface area contributed by atoms with Crippen LogP contribution < -0.4 is 9.91 Å². The predicted molar refractivity (Wildman–Crippen MR) is 128 cm³/mol. The van der Waals surface area contributed by atoms with E-state index in [-0.39, 0.29) is 5.91 Å². The number of hydrogen-bond donors (Lipinski definition) is 0. The lowest BCUT2D eigenvalue weighted by Gasteiger charge is -2.20. The first-order valence-corrected chi connectivity index (χ1v) is 11.2. The molecule has 0 spiro atoms. The van der Waals surface area contributed by atoms with Gasteiger partial charge in [-0.2, -0.15) is 10.1 Å². The van der Waals surface area contributed by atoms with E-state index in [1.807, 2.05) is 36.4 Å². The first-order valence-electron chi connectivity index (χ1n) is 11.2. The Balaban J connectivity index is 1.86. The number of rotatable bonds is 10. The van der Waals surface area contributed by atoms with Gasteiger partial charge in [-0.15, -0.1) is 0 Å². The molecule has 0 N–H and O–H groups in total. The molecule has 0 atom stereocenters. The number of carbonyl (C=O) groups is 1. The third kappa shape index (κ3) is 5.18. The van der Waals surface area contributed by atoms with Crippen molar-refractivity contribution in [1.29, 1.82) is 0 Å². The zero-order chi connectivity index (χ0) is 21.3. The van der Waals surface area contributed by atoms with Crippen molar-refractivity contribution in [3.63, 3.8) is 0 Å². The maximum atomic E-state index is 13.2. The van der Waals surface area contributed by atoms with Crippen LogP contribution in [0, 0.1) is 0 Å². The number of benzene rings is 2. The van der Waals surface area contributed by atoms with Crippen LogP contribution in [0.5, 0.6) is 0 Å². The molecule has 0 bridgehead atoms. The van der Waals surface area contributed by atoms with Crippen LogP contribution in [0.3, 0.4) is 0 Å². The number of para-hydroxylation sites is 1. The van der Waals surface area contributed by atoms with Crippen LogP contribution in [0.2, 0.25) is 0 Å². The molecule has 4 heteroatoms. The first-order chi connectivity index (χ1) is 14.7. The lowest BCUT2D eigenvalue weighted by atomic mass is 10.0. The average molecular weight is 404 g/mol. The van der Waals surface area contributed by atoms with Gasteiger partial charge in [0.05, 0.1) is 17.0 Å². The highest BCUT2D eigenvalue weighted by Crippen LogP contribution is 2.27. The van der Waals surface area contributed by atoms with E-state index in [1.54, 1.807) is 5.01 Å². The molecule has 0 radical (unpaired) electrons. The summed E-state index contributed by atoms with van der Waals surface area (Å²) < 4.78 is 0. The minimum Gasteiger partial charge on any atom is -0.372 e. The number of anilines is 2. The summed E-state index contributed by atoms with van der Waals surface area (Å²) in [6, 6.07) is 18.1. The molecular formula is C26H33N3O. The molecule has 1 aliphatic heterocycles. The Hall–Kier alpha value is -2.88. The molecule has 0 unspecified atom stereocenters. The Morgan fingerprint density at radius 3 is 2.23 bits per heavy atom. The van der Waals surface area contributed by atoms with Gasteiger partial charge >= 0.3 is 0 Å². The van der Waals surface area contributed by atoms with E-state index < -0.39 is 0 Å². The fourth-order valence-electron chi connectivity index (χ4n) is 3.79. The second kappa shape index (κ2) is 10.8. The Bertz CT molecular complexity index is 880. The number of amides is 1. The third-order valence-electron chi connectivity index (χ3n) is 5.55. The fraction of sp³-hybridized carbons (Fsp3) is 0.385. The maximum Gasteiger partial charge on any atom is 0.280 e. The van der Waals surface area contributed by atoms with Crippen LogP contribution in [0.25, 0.3) is 6.08 Å². The Kier molecular flexibility index (Phi) is 7.83. The highest BCUT2D eigenvalue weighted by Gasteiger charge is 2.30. The largest absolute Gasteiger partial charge is 0.372 e. The summed E-state index contributed by atoms with van der Waals surface area (Å²) in [6.45, 7) is 8.50.